The predicted octanol–water partition coefficient (Wildman–Crippen LogP) is 5.53. The van der Waals surface area contributed by atoms with E-state index in [9.17, 15) is 4.79 Å². The van der Waals surface area contributed by atoms with Crippen LogP contribution in [0.3, 0.4) is 0 Å². The van der Waals surface area contributed by atoms with E-state index in [1.54, 1.807) is 0 Å². The van der Waals surface area contributed by atoms with Crippen molar-refractivity contribution in [3.63, 3.8) is 0 Å². The highest BCUT2D eigenvalue weighted by Gasteiger charge is 2.23. The highest BCUT2D eigenvalue weighted by atomic mass is 35.5. The van der Waals surface area contributed by atoms with Gasteiger partial charge >= 0.3 is 0 Å². The number of aromatic nitrogens is 2. The quantitative estimate of drug-likeness (QED) is 0.465. The lowest BCUT2D eigenvalue weighted by Crippen LogP contribution is -2.48. The second-order valence-corrected chi connectivity index (χ2v) is 9.88. The fraction of sp³-hybridized carbons (Fsp3) is 0.364. The number of hydrogen-bond acceptors (Lipinski definition) is 4. The topological polar surface area (TPSA) is 41.4 Å². The Morgan fingerprint density at radius 1 is 1.00 bits per heavy atom. The summed E-state index contributed by atoms with van der Waals surface area (Å²) in [5.74, 6) is 0.0943. The van der Waals surface area contributed by atoms with Crippen molar-refractivity contribution >= 4 is 52.0 Å². The number of carbonyl (C=O) groups is 1. The lowest BCUT2D eigenvalue weighted by molar-refractivity contribution is 0.0633. The van der Waals surface area contributed by atoms with Gasteiger partial charge in [0.1, 0.15) is 0 Å². The lowest BCUT2D eigenvalue weighted by Gasteiger charge is -2.34. The number of hydrogen-bond donors (Lipinski definition) is 0. The number of amides is 1. The average molecular weight is 498 g/mol. The molecule has 1 aromatic carbocycles. The van der Waals surface area contributed by atoms with Crippen molar-refractivity contribution in [3.8, 4) is 0 Å². The van der Waals surface area contributed by atoms with Crippen LogP contribution in [0.15, 0.2) is 29.6 Å². The third-order valence-corrected chi connectivity index (χ3v) is 7.79. The van der Waals surface area contributed by atoms with Crippen molar-refractivity contribution in [2.75, 3.05) is 26.2 Å². The van der Waals surface area contributed by atoms with E-state index in [4.69, 9.17) is 34.8 Å². The van der Waals surface area contributed by atoms with Gasteiger partial charge in [0, 0.05) is 32.7 Å². The summed E-state index contributed by atoms with van der Waals surface area (Å²) in [5.41, 5.74) is 3.95. The molecule has 0 N–H and O–H groups in total. The van der Waals surface area contributed by atoms with Crippen molar-refractivity contribution in [3.05, 3.63) is 72.1 Å². The van der Waals surface area contributed by atoms with Gasteiger partial charge in [-0.05, 0) is 48.6 Å². The van der Waals surface area contributed by atoms with E-state index >= 15 is 0 Å². The maximum atomic E-state index is 13.0. The van der Waals surface area contributed by atoms with E-state index in [2.05, 4.69) is 10.00 Å². The molecule has 5 nitrogen and oxygen atoms in total. The number of piperazine rings is 1. The van der Waals surface area contributed by atoms with Crippen LogP contribution in [-0.2, 0) is 13.1 Å². The molecule has 0 radical (unpaired) electrons. The van der Waals surface area contributed by atoms with Crippen LogP contribution in [-0.4, -0.2) is 51.7 Å². The van der Waals surface area contributed by atoms with Gasteiger partial charge in [0.2, 0.25) is 0 Å². The molecule has 3 aromatic rings. The van der Waals surface area contributed by atoms with Crippen LogP contribution in [0.1, 0.15) is 32.2 Å². The second-order valence-electron chi connectivity index (χ2n) is 7.78. The van der Waals surface area contributed by atoms with Crippen molar-refractivity contribution in [2.24, 2.45) is 0 Å². The largest absolute Gasteiger partial charge is 0.335 e. The summed E-state index contributed by atoms with van der Waals surface area (Å²) in [6, 6.07) is 7.70. The third-order valence-electron chi connectivity index (χ3n) is 5.54. The molecule has 1 aliphatic heterocycles. The zero-order valence-electron chi connectivity index (χ0n) is 17.4. The molecule has 164 valence electrons. The fourth-order valence-electron chi connectivity index (χ4n) is 3.73. The summed E-state index contributed by atoms with van der Waals surface area (Å²) in [7, 11) is 0. The van der Waals surface area contributed by atoms with Crippen LogP contribution < -0.4 is 0 Å². The van der Waals surface area contributed by atoms with Gasteiger partial charge in [-0.1, -0.05) is 40.9 Å². The SMILES string of the molecule is Cc1nn(Cc2csc(C(=O)N3CCN(Cc4ccc(Cl)c(Cl)c4)CC3)c2)c(C)c1Cl. The smallest absolute Gasteiger partial charge is 0.264 e. The molecule has 0 saturated carbocycles. The van der Waals surface area contributed by atoms with Gasteiger partial charge in [-0.15, -0.1) is 11.3 Å². The van der Waals surface area contributed by atoms with Crippen LogP contribution >= 0.6 is 46.1 Å². The summed E-state index contributed by atoms with van der Waals surface area (Å²) in [4.78, 5) is 18.0. The summed E-state index contributed by atoms with van der Waals surface area (Å²) < 4.78 is 1.88. The number of benzene rings is 1. The molecular weight excluding hydrogens is 475 g/mol. The molecule has 31 heavy (non-hydrogen) atoms. The number of carbonyl (C=O) groups excluding carboxylic acids is 1. The summed E-state index contributed by atoms with van der Waals surface area (Å²) >= 11 is 19.8. The predicted molar refractivity (Wildman–Crippen MR) is 128 cm³/mol. The summed E-state index contributed by atoms with van der Waals surface area (Å²) in [6.45, 7) is 8.34. The second kappa shape index (κ2) is 9.51. The molecule has 4 rings (SSSR count). The number of aryl methyl sites for hydroxylation is 1. The first-order chi connectivity index (χ1) is 14.8. The van der Waals surface area contributed by atoms with Crippen LogP contribution in [0.2, 0.25) is 15.1 Å². The first-order valence-electron chi connectivity index (χ1n) is 10.0. The van der Waals surface area contributed by atoms with Crippen molar-refractivity contribution in [2.45, 2.75) is 26.9 Å². The molecule has 0 unspecified atom stereocenters. The molecule has 1 amide bonds. The molecule has 0 aliphatic carbocycles. The van der Waals surface area contributed by atoms with Crippen LogP contribution in [0, 0.1) is 13.8 Å². The van der Waals surface area contributed by atoms with Gasteiger partial charge in [-0.2, -0.15) is 5.10 Å². The minimum absolute atomic E-state index is 0.0943. The molecule has 2 aromatic heterocycles. The molecule has 1 saturated heterocycles. The molecule has 3 heterocycles. The Labute approximate surface area is 201 Å². The van der Waals surface area contributed by atoms with Gasteiger partial charge in [0.05, 0.1) is 37.9 Å². The molecule has 0 atom stereocenters. The van der Waals surface area contributed by atoms with Crippen molar-refractivity contribution in [1.82, 2.24) is 19.6 Å². The Morgan fingerprint density at radius 2 is 1.74 bits per heavy atom. The zero-order valence-corrected chi connectivity index (χ0v) is 20.5. The van der Waals surface area contributed by atoms with E-state index in [-0.39, 0.29) is 5.91 Å². The first kappa shape index (κ1) is 22.6. The van der Waals surface area contributed by atoms with E-state index in [0.29, 0.717) is 34.7 Å². The Morgan fingerprint density at radius 3 is 2.39 bits per heavy atom. The van der Waals surface area contributed by atoms with Gasteiger partial charge in [-0.25, -0.2) is 0 Å². The van der Waals surface area contributed by atoms with E-state index < -0.39 is 0 Å². The van der Waals surface area contributed by atoms with Gasteiger partial charge < -0.3 is 4.90 Å². The molecule has 1 fully saturated rings. The van der Waals surface area contributed by atoms with E-state index in [1.165, 1.54) is 11.3 Å². The minimum Gasteiger partial charge on any atom is -0.335 e. The number of halogens is 3. The maximum Gasteiger partial charge on any atom is 0.264 e. The van der Waals surface area contributed by atoms with Crippen molar-refractivity contribution < 1.29 is 4.79 Å². The van der Waals surface area contributed by atoms with Gasteiger partial charge in [0.15, 0.2) is 0 Å². The van der Waals surface area contributed by atoms with Crippen molar-refractivity contribution in [1.29, 1.82) is 0 Å². The molecule has 0 bridgehead atoms. The Bertz CT molecular complexity index is 1100. The standard InChI is InChI=1S/C22H23Cl3N4OS/c1-14-21(25)15(2)29(26-14)12-17-10-20(31-13-17)22(30)28-7-5-27(6-8-28)11-16-3-4-18(23)19(24)9-16/h3-4,9-10,13H,5-8,11-12H2,1-2H3. The lowest BCUT2D eigenvalue weighted by atomic mass is 10.2. The minimum atomic E-state index is 0.0943. The Balaban J connectivity index is 1.33. The van der Waals surface area contributed by atoms with Crippen LogP contribution in [0.5, 0.6) is 0 Å². The summed E-state index contributed by atoms with van der Waals surface area (Å²) in [6.07, 6.45) is 0. The fourth-order valence-corrected chi connectivity index (χ4v) is 5.06. The number of rotatable bonds is 5. The third kappa shape index (κ3) is 5.10. The highest BCUT2D eigenvalue weighted by Crippen LogP contribution is 2.25. The van der Waals surface area contributed by atoms with E-state index in [0.717, 1.165) is 47.0 Å². The molecular formula is C22H23Cl3N4OS. The van der Waals surface area contributed by atoms with Gasteiger partial charge in [-0.3, -0.25) is 14.4 Å². The number of nitrogens with zero attached hydrogens (tertiary/aromatic N) is 4. The van der Waals surface area contributed by atoms with Gasteiger partial charge in [0.25, 0.3) is 5.91 Å². The Kier molecular flexibility index (Phi) is 6.94. The molecule has 9 heteroatoms. The average Bonchev–Trinajstić information content (AvgIpc) is 3.32. The zero-order chi connectivity index (χ0) is 22.1. The normalized spacial score (nSPS) is 14.9. The van der Waals surface area contributed by atoms with Crippen LogP contribution in [0.4, 0.5) is 0 Å². The summed E-state index contributed by atoms with van der Waals surface area (Å²) in [5, 5.41) is 8.34. The maximum absolute atomic E-state index is 13.0. The van der Waals surface area contributed by atoms with E-state index in [1.807, 2.05) is 53.1 Å². The number of thiophene rings is 1. The van der Waals surface area contributed by atoms with Crippen LogP contribution in [0.25, 0.3) is 0 Å². The highest BCUT2D eigenvalue weighted by molar-refractivity contribution is 7.12. The molecule has 1 aliphatic rings. The molecule has 0 spiro atoms. The first-order valence-corrected chi connectivity index (χ1v) is 12.1. The monoisotopic (exact) mass is 496 g/mol. The Hall–Kier alpha value is -1.57.